The van der Waals surface area contributed by atoms with Gasteiger partial charge in [0.25, 0.3) is 0 Å². The highest BCUT2D eigenvalue weighted by Crippen LogP contribution is 2.39. The average Bonchev–Trinajstić information content (AvgIpc) is 2.10. The van der Waals surface area contributed by atoms with Gasteiger partial charge in [0.1, 0.15) is 0 Å². The van der Waals surface area contributed by atoms with E-state index in [1.54, 1.807) is 0 Å². The topological polar surface area (TPSA) is 29.1 Å². The first-order valence-electron chi connectivity index (χ1n) is 5.37. The third-order valence-corrected chi connectivity index (χ3v) is 4.63. The zero-order valence-corrected chi connectivity index (χ0v) is 10.2. The lowest BCUT2D eigenvalue weighted by molar-refractivity contribution is -0.109. The molecule has 1 heterocycles. The lowest BCUT2D eigenvalue weighted by Gasteiger charge is -2.37. The molecule has 2 atom stereocenters. The largest absolute Gasteiger partial charge is 0.347 e. The Morgan fingerprint density at radius 1 is 1.50 bits per heavy atom. The molecule has 0 aromatic heterocycles. The fraction of sp³-hybridized carbons (Fsp3) is 0.909. The maximum atomic E-state index is 10.4. The summed E-state index contributed by atoms with van der Waals surface area (Å²) in [6, 6.07) is 0. The van der Waals surface area contributed by atoms with E-state index in [0.717, 1.165) is 18.7 Å². The second-order valence-corrected chi connectivity index (χ2v) is 6.19. The van der Waals surface area contributed by atoms with Crippen molar-refractivity contribution < 1.29 is 4.79 Å². The Balaban J connectivity index is 2.59. The van der Waals surface area contributed by atoms with Crippen LogP contribution >= 0.6 is 11.8 Å². The first-order valence-corrected chi connectivity index (χ1v) is 6.42. The standard InChI is InChI=1S/C11H21NOS/c1-9-5-4-6-14-10(12-8-13)7-11(9,2)3/h8-10H,4-7H2,1-3H3,(H,12,13). The first-order chi connectivity index (χ1) is 6.56. The summed E-state index contributed by atoms with van der Waals surface area (Å²) in [6.45, 7) is 6.94. The molecule has 3 heteroatoms. The van der Waals surface area contributed by atoms with Crippen molar-refractivity contribution in [3.63, 3.8) is 0 Å². The van der Waals surface area contributed by atoms with E-state index < -0.39 is 0 Å². The predicted molar refractivity (Wildman–Crippen MR) is 62.2 cm³/mol. The van der Waals surface area contributed by atoms with Crippen molar-refractivity contribution in [2.24, 2.45) is 11.3 Å². The second-order valence-electron chi connectivity index (χ2n) is 4.88. The Morgan fingerprint density at radius 2 is 2.21 bits per heavy atom. The fourth-order valence-corrected chi connectivity index (χ4v) is 3.24. The lowest BCUT2D eigenvalue weighted by atomic mass is 9.75. The first kappa shape index (κ1) is 11.9. The monoisotopic (exact) mass is 215 g/mol. The van der Waals surface area contributed by atoms with Crippen LogP contribution in [0.1, 0.15) is 40.0 Å². The smallest absolute Gasteiger partial charge is 0.207 e. The second kappa shape index (κ2) is 5.06. The third-order valence-electron chi connectivity index (χ3n) is 3.40. The minimum atomic E-state index is 0.310. The van der Waals surface area contributed by atoms with Gasteiger partial charge in [-0.15, -0.1) is 11.8 Å². The van der Waals surface area contributed by atoms with Crippen LogP contribution in [0.25, 0.3) is 0 Å². The van der Waals surface area contributed by atoms with Gasteiger partial charge in [0, 0.05) is 0 Å². The molecule has 82 valence electrons. The van der Waals surface area contributed by atoms with E-state index in [-0.39, 0.29) is 0 Å². The zero-order chi connectivity index (χ0) is 10.6. The molecule has 0 aromatic carbocycles. The maximum absolute atomic E-state index is 10.4. The van der Waals surface area contributed by atoms with Crippen molar-refractivity contribution in [1.29, 1.82) is 0 Å². The number of amides is 1. The molecule has 0 radical (unpaired) electrons. The molecule has 1 rings (SSSR count). The van der Waals surface area contributed by atoms with Crippen molar-refractivity contribution in [3.05, 3.63) is 0 Å². The number of nitrogens with one attached hydrogen (secondary N) is 1. The lowest BCUT2D eigenvalue weighted by Crippen LogP contribution is -2.35. The summed E-state index contributed by atoms with van der Waals surface area (Å²) in [5.41, 5.74) is 0.341. The Kier molecular flexibility index (Phi) is 4.30. The van der Waals surface area contributed by atoms with Gasteiger partial charge in [-0.25, -0.2) is 0 Å². The minimum absolute atomic E-state index is 0.310. The van der Waals surface area contributed by atoms with E-state index in [1.165, 1.54) is 18.6 Å². The SMILES string of the molecule is CC1CCCSC(NC=O)CC1(C)C. The molecule has 1 aliphatic rings. The zero-order valence-electron chi connectivity index (χ0n) is 9.38. The van der Waals surface area contributed by atoms with Crippen molar-refractivity contribution in [3.8, 4) is 0 Å². The molecule has 0 spiro atoms. The number of hydrogen-bond acceptors (Lipinski definition) is 2. The third kappa shape index (κ3) is 3.19. The van der Waals surface area contributed by atoms with Crippen LogP contribution in [0.15, 0.2) is 0 Å². The normalized spacial score (nSPS) is 32.8. The summed E-state index contributed by atoms with van der Waals surface area (Å²) >= 11 is 1.88. The van der Waals surface area contributed by atoms with Crippen molar-refractivity contribution in [1.82, 2.24) is 5.32 Å². The highest BCUT2D eigenvalue weighted by Gasteiger charge is 2.30. The molecular weight excluding hydrogens is 194 g/mol. The summed E-state index contributed by atoms with van der Waals surface area (Å²) in [7, 11) is 0. The molecule has 2 nitrogen and oxygen atoms in total. The fourth-order valence-electron chi connectivity index (χ4n) is 1.93. The molecular formula is C11H21NOS. The van der Waals surface area contributed by atoms with E-state index in [2.05, 4.69) is 26.1 Å². The molecule has 0 aliphatic carbocycles. The van der Waals surface area contributed by atoms with Crippen LogP contribution in [0, 0.1) is 11.3 Å². The summed E-state index contributed by atoms with van der Waals surface area (Å²) in [4.78, 5) is 10.4. The Labute approximate surface area is 91.2 Å². The van der Waals surface area contributed by atoms with Gasteiger partial charge in [0.2, 0.25) is 6.41 Å². The van der Waals surface area contributed by atoms with Crippen LogP contribution in [0.4, 0.5) is 0 Å². The minimum Gasteiger partial charge on any atom is -0.347 e. The van der Waals surface area contributed by atoms with Crippen LogP contribution in [0.5, 0.6) is 0 Å². The van der Waals surface area contributed by atoms with E-state index in [1.807, 2.05) is 11.8 Å². The van der Waals surface area contributed by atoms with Crippen LogP contribution in [0.2, 0.25) is 0 Å². The van der Waals surface area contributed by atoms with Gasteiger partial charge < -0.3 is 5.32 Å². The molecule has 1 fully saturated rings. The van der Waals surface area contributed by atoms with Crippen LogP contribution in [-0.4, -0.2) is 17.5 Å². The summed E-state index contributed by atoms with van der Waals surface area (Å²) in [5.74, 6) is 1.92. The molecule has 1 amide bonds. The van der Waals surface area contributed by atoms with Crippen LogP contribution < -0.4 is 5.32 Å². The van der Waals surface area contributed by atoms with Crippen LogP contribution in [-0.2, 0) is 4.79 Å². The average molecular weight is 215 g/mol. The highest BCUT2D eigenvalue weighted by atomic mass is 32.2. The Morgan fingerprint density at radius 3 is 2.86 bits per heavy atom. The quantitative estimate of drug-likeness (QED) is 0.717. The van der Waals surface area contributed by atoms with Gasteiger partial charge in [-0.3, -0.25) is 4.79 Å². The van der Waals surface area contributed by atoms with Gasteiger partial charge in [-0.1, -0.05) is 20.8 Å². The number of carbonyl (C=O) groups is 1. The van der Waals surface area contributed by atoms with Gasteiger partial charge in [-0.2, -0.15) is 0 Å². The van der Waals surface area contributed by atoms with Crippen molar-refractivity contribution >= 4 is 18.2 Å². The number of carbonyl (C=O) groups excluding carboxylic acids is 1. The summed E-state index contributed by atoms with van der Waals surface area (Å²) in [6.07, 6.45) is 4.50. The van der Waals surface area contributed by atoms with E-state index in [0.29, 0.717) is 10.8 Å². The molecule has 1 saturated heterocycles. The molecule has 0 saturated carbocycles. The molecule has 0 bridgehead atoms. The van der Waals surface area contributed by atoms with Gasteiger partial charge >= 0.3 is 0 Å². The number of hydrogen-bond donors (Lipinski definition) is 1. The molecule has 1 N–H and O–H groups in total. The van der Waals surface area contributed by atoms with Crippen molar-refractivity contribution in [2.75, 3.05) is 5.75 Å². The number of thioether (sulfide) groups is 1. The molecule has 0 aromatic rings. The Hall–Kier alpha value is -0.180. The molecule has 14 heavy (non-hydrogen) atoms. The van der Waals surface area contributed by atoms with Gasteiger partial charge in [-0.05, 0) is 36.3 Å². The highest BCUT2D eigenvalue weighted by molar-refractivity contribution is 7.99. The Bertz CT molecular complexity index is 194. The van der Waals surface area contributed by atoms with E-state index in [9.17, 15) is 4.79 Å². The van der Waals surface area contributed by atoms with E-state index in [4.69, 9.17) is 0 Å². The van der Waals surface area contributed by atoms with Crippen molar-refractivity contribution in [2.45, 2.75) is 45.4 Å². The van der Waals surface area contributed by atoms with Crippen LogP contribution in [0.3, 0.4) is 0 Å². The van der Waals surface area contributed by atoms with E-state index >= 15 is 0 Å². The maximum Gasteiger partial charge on any atom is 0.207 e. The number of rotatable bonds is 2. The summed E-state index contributed by atoms with van der Waals surface area (Å²) in [5, 5.41) is 3.22. The summed E-state index contributed by atoms with van der Waals surface area (Å²) < 4.78 is 0. The molecule has 2 unspecified atom stereocenters. The predicted octanol–water partition coefficient (Wildman–Crippen LogP) is 2.64. The van der Waals surface area contributed by atoms with Gasteiger partial charge in [0.05, 0.1) is 5.37 Å². The van der Waals surface area contributed by atoms with Gasteiger partial charge in [0.15, 0.2) is 0 Å². The molecule has 1 aliphatic heterocycles.